The molecule has 0 bridgehead atoms. The second-order valence-electron chi connectivity index (χ2n) is 4.71. The fourth-order valence-electron chi connectivity index (χ4n) is 2.37. The Balaban J connectivity index is 2.00. The summed E-state index contributed by atoms with van der Waals surface area (Å²) in [6.07, 6.45) is -0.254. The van der Waals surface area contributed by atoms with Crippen molar-refractivity contribution in [1.82, 2.24) is 0 Å². The van der Waals surface area contributed by atoms with Gasteiger partial charge in [-0.15, -0.1) is 0 Å². The van der Waals surface area contributed by atoms with Crippen LogP contribution in [0.15, 0.2) is 45.3 Å². The smallest absolute Gasteiger partial charge is 0.128 e. The summed E-state index contributed by atoms with van der Waals surface area (Å²) in [6.45, 7) is 0. The quantitative estimate of drug-likeness (QED) is 0.670. The third kappa shape index (κ3) is 2.75. The van der Waals surface area contributed by atoms with Crippen molar-refractivity contribution in [1.29, 1.82) is 0 Å². The highest BCUT2D eigenvalue weighted by atomic mass is 79.9. The minimum absolute atomic E-state index is 0.222. The van der Waals surface area contributed by atoms with Crippen LogP contribution >= 0.6 is 43.5 Å². The molecule has 1 N–H and O–H groups in total. The van der Waals surface area contributed by atoms with Crippen LogP contribution in [0.5, 0.6) is 5.75 Å². The van der Waals surface area contributed by atoms with E-state index in [1.54, 1.807) is 0 Å². The van der Waals surface area contributed by atoms with Gasteiger partial charge in [-0.05, 0) is 30.3 Å². The number of rotatable bonds is 1. The molecule has 0 amide bonds. The molecule has 0 aromatic heterocycles. The lowest BCUT2D eigenvalue weighted by Gasteiger charge is -2.30. The van der Waals surface area contributed by atoms with Crippen molar-refractivity contribution < 1.29 is 9.84 Å². The van der Waals surface area contributed by atoms with Crippen molar-refractivity contribution in [3.63, 3.8) is 0 Å². The number of aliphatic hydroxyl groups excluding tert-OH is 1. The maximum Gasteiger partial charge on any atom is 0.128 e. The fourth-order valence-corrected chi connectivity index (χ4v) is 3.39. The summed E-state index contributed by atoms with van der Waals surface area (Å²) in [7, 11) is 0. The first-order chi connectivity index (χ1) is 9.54. The molecule has 2 aromatic carbocycles. The summed E-state index contributed by atoms with van der Waals surface area (Å²) in [4.78, 5) is 0. The Morgan fingerprint density at radius 1 is 1.10 bits per heavy atom. The SMILES string of the molecule is OC1CC(c2cc(Cl)ccc2Br)Oc2cc(Br)ccc21. The lowest BCUT2D eigenvalue weighted by Crippen LogP contribution is -2.19. The van der Waals surface area contributed by atoms with Gasteiger partial charge in [0.25, 0.3) is 0 Å². The minimum Gasteiger partial charge on any atom is -0.485 e. The van der Waals surface area contributed by atoms with Crippen molar-refractivity contribution in [2.75, 3.05) is 0 Å². The van der Waals surface area contributed by atoms with Gasteiger partial charge in [-0.3, -0.25) is 0 Å². The van der Waals surface area contributed by atoms with Crippen molar-refractivity contribution >= 4 is 43.5 Å². The number of benzene rings is 2. The summed E-state index contributed by atoms with van der Waals surface area (Å²) in [5.74, 6) is 0.704. The first-order valence-corrected chi connectivity index (χ1v) is 8.10. The van der Waals surface area contributed by atoms with Crippen LogP contribution in [0.4, 0.5) is 0 Å². The van der Waals surface area contributed by atoms with Gasteiger partial charge in [0.2, 0.25) is 0 Å². The molecule has 1 aliphatic rings. The first-order valence-electron chi connectivity index (χ1n) is 6.13. The molecule has 0 spiro atoms. The van der Waals surface area contributed by atoms with Gasteiger partial charge in [0.05, 0.1) is 6.10 Å². The predicted octanol–water partition coefficient (Wildman–Crippen LogP) is 5.42. The Morgan fingerprint density at radius 2 is 1.90 bits per heavy atom. The van der Waals surface area contributed by atoms with E-state index in [2.05, 4.69) is 31.9 Å². The molecule has 20 heavy (non-hydrogen) atoms. The molecule has 3 rings (SSSR count). The Labute approximate surface area is 139 Å². The zero-order chi connectivity index (χ0) is 14.3. The van der Waals surface area contributed by atoms with Crippen LogP contribution in [0.25, 0.3) is 0 Å². The summed E-state index contributed by atoms with van der Waals surface area (Å²) < 4.78 is 7.88. The summed E-state index contributed by atoms with van der Waals surface area (Å²) in [5, 5.41) is 11.0. The lowest BCUT2D eigenvalue weighted by atomic mass is 9.95. The van der Waals surface area contributed by atoms with Crippen molar-refractivity contribution in [3.8, 4) is 5.75 Å². The zero-order valence-electron chi connectivity index (χ0n) is 10.3. The molecule has 0 radical (unpaired) electrons. The monoisotopic (exact) mass is 416 g/mol. The van der Waals surface area contributed by atoms with E-state index in [-0.39, 0.29) is 6.10 Å². The maximum atomic E-state index is 10.3. The number of hydrogen-bond donors (Lipinski definition) is 1. The third-order valence-electron chi connectivity index (χ3n) is 3.35. The number of aliphatic hydroxyl groups is 1. The molecule has 104 valence electrons. The van der Waals surface area contributed by atoms with Crippen LogP contribution in [0.1, 0.15) is 29.8 Å². The second-order valence-corrected chi connectivity index (χ2v) is 6.91. The lowest BCUT2D eigenvalue weighted by molar-refractivity contribution is 0.0653. The Morgan fingerprint density at radius 3 is 2.70 bits per heavy atom. The van der Waals surface area contributed by atoms with Crippen LogP contribution < -0.4 is 4.74 Å². The molecule has 2 aromatic rings. The van der Waals surface area contributed by atoms with Gasteiger partial charge in [-0.2, -0.15) is 0 Å². The zero-order valence-corrected chi connectivity index (χ0v) is 14.2. The van der Waals surface area contributed by atoms with E-state index < -0.39 is 6.10 Å². The minimum atomic E-state index is -0.539. The molecule has 0 saturated heterocycles. The maximum absolute atomic E-state index is 10.3. The fraction of sp³-hybridized carbons (Fsp3) is 0.200. The van der Waals surface area contributed by atoms with Crippen LogP contribution in [0.3, 0.4) is 0 Å². The van der Waals surface area contributed by atoms with Crippen molar-refractivity contribution in [3.05, 3.63) is 61.5 Å². The molecule has 0 aliphatic carbocycles. The molecule has 2 nitrogen and oxygen atoms in total. The van der Waals surface area contributed by atoms with Crippen LogP contribution in [-0.4, -0.2) is 5.11 Å². The number of fused-ring (bicyclic) bond motifs is 1. The molecular weight excluding hydrogens is 407 g/mol. The van der Waals surface area contributed by atoms with Gasteiger partial charge in [0, 0.05) is 31.5 Å². The molecule has 5 heteroatoms. The van der Waals surface area contributed by atoms with E-state index in [1.807, 2.05) is 36.4 Å². The molecule has 2 atom stereocenters. The summed E-state index contributed by atoms with van der Waals surface area (Å²) in [5.41, 5.74) is 1.77. The van der Waals surface area contributed by atoms with Gasteiger partial charge >= 0.3 is 0 Å². The Kier molecular flexibility index (Phi) is 4.09. The van der Waals surface area contributed by atoms with Crippen LogP contribution in [0.2, 0.25) is 5.02 Å². The largest absolute Gasteiger partial charge is 0.485 e. The van der Waals surface area contributed by atoms with Gasteiger partial charge < -0.3 is 9.84 Å². The van der Waals surface area contributed by atoms with Gasteiger partial charge in [-0.1, -0.05) is 49.5 Å². The van der Waals surface area contributed by atoms with Crippen molar-refractivity contribution in [2.24, 2.45) is 0 Å². The average Bonchev–Trinajstić information content (AvgIpc) is 2.41. The number of ether oxygens (including phenoxy) is 1. The highest BCUT2D eigenvalue weighted by Crippen LogP contribution is 2.43. The summed E-state index contributed by atoms with van der Waals surface area (Å²) in [6, 6.07) is 11.2. The van der Waals surface area contributed by atoms with E-state index in [0.29, 0.717) is 17.2 Å². The Hall–Kier alpha value is -0.550. The van der Waals surface area contributed by atoms with E-state index in [9.17, 15) is 5.11 Å². The van der Waals surface area contributed by atoms with Gasteiger partial charge in [0.15, 0.2) is 0 Å². The number of hydrogen-bond acceptors (Lipinski definition) is 2. The highest BCUT2D eigenvalue weighted by molar-refractivity contribution is 9.10. The topological polar surface area (TPSA) is 29.5 Å². The first kappa shape index (κ1) is 14.4. The van der Waals surface area contributed by atoms with Crippen LogP contribution in [-0.2, 0) is 0 Å². The van der Waals surface area contributed by atoms with E-state index >= 15 is 0 Å². The molecular formula is C15H11Br2ClO2. The Bertz CT molecular complexity index is 660. The predicted molar refractivity (Wildman–Crippen MR) is 86.2 cm³/mol. The second kappa shape index (κ2) is 5.68. The molecule has 0 saturated carbocycles. The summed E-state index contributed by atoms with van der Waals surface area (Å²) >= 11 is 13.0. The third-order valence-corrected chi connectivity index (χ3v) is 4.80. The average molecular weight is 419 g/mol. The van der Waals surface area contributed by atoms with Crippen LogP contribution in [0, 0.1) is 0 Å². The van der Waals surface area contributed by atoms with E-state index in [1.165, 1.54) is 0 Å². The van der Waals surface area contributed by atoms with E-state index in [0.717, 1.165) is 20.1 Å². The van der Waals surface area contributed by atoms with Gasteiger partial charge in [0.1, 0.15) is 11.9 Å². The van der Waals surface area contributed by atoms with Crippen molar-refractivity contribution in [2.45, 2.75) is 18.6 Å². The standard InChI is InChI=1S/C15H11Br2ClO2/c16-8-1-3-10-13(19)7-15(20-14(10)5-8)11-6-9(18)2-4-12(11)17/h1-6,13,15,19H,7H2. The molecule has 2 unspecified atom stereocenters. The normalized spacial score (nSPS) is 21.2. The highest BCUT2D eigenvalue weighted by Gasteiger charge is 2.29. The van der Waals surface area contributed by atoms with E-state index in [4.69, 9.17) is 16.3 Å². The number of halogens is 3. The molecule has 1 heterocycles. The van der Waals surface area contributed by atoms with Gasteiger partial charge in [-0.25, -0.2) is 0 Å². The molecule has 1 aliphatic heterocycles. The molecule has 0 fully saturated rings.